The topological polar surface area (TPSA) is 45.8 Å². The van der Waals surface area contributed by atoms with Gasteiger partial charge in [-0.1, -0.05) is 36.4 Å². The summed E-state index contributed by atoms with van der Waals surface area (Å²) in [5, 5.41) is 3.00. The van der Waals surface area contributed by atoms with Crippen LogP contribution in [0.3, 0.4) is 0 Å². The van der Waals surface area contributed by atoms with Crippen molar-refractivity contribution in [1.82, 2.24) is 9.97 Å². The van der Waals surface area contributed by atoms with Crippen molar-refractivity contribution >= 4 is 34.4 Å². The van der Waals surface area contributed by atoms with Gasteiger partial charge >= 0.3 is 0 Å². The van der Waals surface area contributed by atoms with Crippen LogP contribution < -0.4 is 5.56 Å². The minimum atomic E-state index is -0.0724. The van der Waals surface area contributed by atoms with Crippen molar-refractivity contribution in [2.45, 2.75) is 0 Å². The molecule has 4 heteroatoms. The summed E-state index contributed by atoms with van der Waals surface area (Å²) < 4.78 is 0. The first kappa shape index (κ1) is 14.6. The molecule has 0 saturated carbocycles. The molecule has 0 atom stereocenters. The van der Waals surface area contributed by atoms with E-state index in [0.717, 1.165) is 27.0 Å². The summed E-state index contributed by atoms with van der Waals surface area (Å²) in [7, 11) is 0. The Morgan fingerprint density at radius 2 is 1.83 bits per heavy atom. The molecule has 4 rings (SSSR count). The van der Waals surface area contributed by atoms with Crippen molar-refractivity contribution in [2.24, 2.45) is 0 Å². The van der Waals surface area contributed by atoms with Gasteiger partial charge in [-0.2, -0.15) is 0 Å². The molecule has 1 aromatic carbocycles. The number of aromatic amines is 1. The average Bonchev–Trinajstić information content (AvgIpc) is 3.14. The van der Waals surface area contributed by atoms with Crippen molar-refractivity contribution in [2.75, 3.05) is 0 Å². The van der Waals surface area contributed by atoms with E-state index in [1.54, 1.807) is 17.5 Å². The first-order valence-electron chi connectivity index (χ1n) is 7.61. The van der Waals surface area contributed by atoms with Gasteiger partial charge in [0.2, 0.25) is 0 Å². The molecule has 3 nitrogen and oxygen atoms in total. The van der Waals surface area contributed by atoms with E-state index < -0.39 is 0 Å². The van der Waals surface area contributed by atoms with Gasteiger partial charge in [-0.15, -0.1) is 11.3 Å². The van der Waals surface area contributed by atoms with Crippen LogP contribution in [0, 0.1) is 0 Å². The van der Waals surface area contributed by atoms with E-state index in [1.165, 1.54) is 0 Å². The molecule has 0 aliphatic carbocycles. The maximum atomic E-state index is 12.7. The summed E-state index contributed by atoms with van der Waals surface area (Å²) >= 11 is 1.57. The van der Waals surface area contributed by atoms with Gasteiger partial charge in [0.25, 0.3) is 5.56 Å². The SMILES string of the molecule is O=c1[nH]c2ccccc2c(C=Cc2ccccn2)c1-c1cccs1. The number of pyridine rings is 2. The molecular weight excluding hydrogens is 316 g/mol. The van der Waals surface area contributed by atoms with Crippen LogP contribution in [0.1, 0.15) is 11.3 Å². The van der Waals surface area contributed by atoms with E-state index in [9.17, 15) is 4.79 Å². The van der Waals surface area contributed by atoms with E-state index >= 15 is 0 Å². The van der Waals surface area contributed by atoms with Gasteiger partial charge in [-0.3, -0.25) is 9.78 Å². The third kappa shape index (κ3) is 2.68. The Morgan fingerprint density at radius 1 is 0.958 bits per heavy atom. The summed E-state index contributed by atoms with van der Waals surface area (Å²) in [5.74, 6) is 0. The van der Waals surface area contributed by atoms with Crippen LogP contribution in [0.2, 0.25) is 0 Å². The van der Waals surface area contributed by atoms with E-state index in [4.69, 9.17) is 0 Å². The molecule has 0 bridgehead atoms. The van der Waals surface area contributed by atoms with Gasteiger partial charge in [0, 0.05) is 22.0 Å². The highest BCUT2D eigenvalue weighted by atomic mass is 32.1. The zero-order valence-corrected chi connectivity index (χ0v) is 13.6. The van der Waals surface area contributed by atoms with Crippen molar-refractivity contribution < 1.29 is 0 Å². The number of benzene rings is 1. The number of nitrogens with zero attached hydrogens (tertiary/aromatic N) is 1. The number of hydrogen-bond donors (Lipinski definition) is 1. The lowest BCUT2D eigenvalue weighted by Crippen LogP contribution is -2.10. The summed E-state index contributed by atoms with van der Waals surface area (Å²) in [6, 6.07) is 17.6. The monoisotopic (exact) mass is 330 g/mol. The highest BCUT2D eigenvalue weighted by Crippen LogP contribution is 2.30. The predicted octanol–water partition coefficient (Wildman–Crippen LogP) is 4.82. The molecule has 0 aliphatic rings. The average molecular weight is 330 g/mol. The summed E-state index contributed by atoms with van der Waals surface area (Å²) in [5.41, 5.74) is 3.25. The maximum Gasteiger partial charge on any atom is 0.257 e. The Kier molecular flexibility index (Phi) is 3.81. The highest BCUT2D eigenvalue weighted by molar-refractivity contribution is 7.13. The lowest BCUT2D eigenvalue weighted by Gasteiger charge is -2.08. The molecule has 0 unspecified atom stereocenters. The molecule has 0 radical (unpaired) electrons. The van der Waals surface area contributed by atoms with Gasteiger partial charge in [0.05, 0.1) is 11.3 Å². The smallest absolute Gasteiger partial charge is 0.257 e. The first-order valence-corrected chi connectivity index (χ1v) is 8.49. The molecule has 1 N–H and O–H groups in total. The lowest BCUT2D eigenvalue weighted by molar-refractivity contribution is 1.29. The number of nitrogens with one attached hydrogen (secondary N) is 1. The zero-order chi connectivity index (χ0) is 16.4. The Balaban J connectivity index is 1.99. The van der Waals surface area contributed by atoms with Crippen LogP contribution >= 0.6 is 11.3 Å². The number of rotatable bonds is 3. The van der Waals surface area contributed by atoms with Crippen LogP contribution in [-0.4, -0.2) is 9.97 Å². The van der Waals surface area contributed by atoms with Gasteiger partial charge in [-0.25, -0.2) is 0 Å². The molecule has 24 heavy (non-hydrogen) atoms. The van der Waals surface area contributed by atoms with Crippen LogP contribution in [0.15, 0.2) is 71.0 Å². The largest absolute Gasteiger partial charge is 0.321 e. The molecule has 0 fully saturated rings. The minimum Gasteiger partial charge on any atom is -0.321 e. The summed E-state index contributed by atoms with van der Waals surface area (Å²) in [4.78, 5) is 20.9. The Labute approximate surface area is 143 Å². The highest BCUT2D eigenvalue weighted by Gasteiger charge is 2.13. The second-order valence-corrected chi connectivity index (χ2v) is 6.30. The molecule has 3 aromatic heterocycles. The van der Waals surface area contributed by atoms with Crippen molar-refractivity contribution in [3.8, 4) is 10.4 Å². The fourth-order valence-electron chi connectivity index (χ4n) is 2.75. The van der Waals surface area contributed by atoms with Crippen molar-refractivity contribution in [3.05, 3.63) is 87.8 Å². The van der Waals surface area contributed by atoms with Crippen molar-refractivity contribution in [1.29, 1.82) is 0 Å². The number of fused-ring (bicyclic) bond motifs is 1. The number of hydrogen-bond acceptors (Lipinski definition) is 3. The Hall–Kier alpha value is -2.98. The Bertz CT molecular complexity index is 1060. The van der Waals surface area contributed by atoms with Crippen LogP contribution in [0.25, 0.3) is 33.5 Å². The van der Waals surface area contributed by atoms with Gasteiger partial charge in [-0.05, 0) is 41.3 Å². The molecule has 0 amide bonds. The predicted molar refractivity (Wildman–Crippen MR) is 101 cm³/mol. The fraction of sp³-hybridized carbons (Fsp3) is 0. The molecular formula is C20H14N2OS. The maximum absolute atomic E-state index is 12.7. The first-order chi connectivity index (χ1) is 11.8. The van der Waals surface area contributed by atoms with Crippen molar-refractivity contribution in [3.63, 3.8) is 0 Å². The number of aromatic nitrogens is 2. The quantitative estimate of drug-likeness (QED) is 0.585. The van der Waals surface area contributed by atoms with Crippen LogP contribution in [0.4, 0.5) is 0 Å². The minimum absolute atomic E-state index is 0.0724. The molecule has 0 saturated heterocycles. The standard InChI is InChI=1S/C20H14N2OS/c23-20-19(18-9-5-13-24-18)16(11-10-14-6-3-4-12-21-14)15-7-1-2-8-17(15)22-20/h1-13H,(H,22,23). The van der Waals surface area contributed by atoms with Crippen LogP contribution in [-0.2, 0) is 0 Å². The van der Waals surface area contributed by atoms with E-state index in [2.05, 4.69) is 9.97 Å². The normalized spacial score (nSPS) is 11.3. The summed E-state index contributed by atoms with van der Waals surface area (Å²) in [6.07, 6.45) is 5.68. The molecule has 4 aromatic rings. The second kappa shape index (κ2) is 6.26. The van der Waals surface area contributed by atoms with E-state index in [0.29, 0.717) is 5.56 Å². The van der Waals surface area contributed by atoms with E-state index in [-0.39, 0.29) is 5.56 Å². The molecule has 116 valence electrons. The van der Waals surface area contributed by atoms with E-state index in [1.807, 2.05) is 72.1 Å². The zero-order valence-electron chi connectivity index (χ0n) is 12.8. The molecule has 0 spiro atoms. The third-order valence-corrected chi connectivity index (χ3v) is 4.73. The van der Waals surface area contributed by atoms with Crippen LogP contribution in [0.5, 0.6) is 0 Å². The van der Waals surface area contributed by atoms with Gasteiger partial charge < -0.3 is 4.98 Å². The summed E-state index contributed by atoms with van der Waals surface area (Å²) in [6.45, 7) is 0. The number of para-hydroxylation sites is 1. The van der Waals surface area contributed by atoms with Gasteiger partial charge in [0.15, 0.2) is 0 Å². The lowest BCUT2D eigenvalue weighted by atomic mass is 10.0. The number of H-pyrrole nitrogens is 1. The molecule has 3 heterocycles. The van der Waals surface area contributed by atoms with Gasteiger partial charge in [0.1, 0.15) is 0 Å². The Morgan fingerprint density at radius 3 is 2.62 bits per heavy atom. The number of thiophene rings is 1. The molecule has 0 aliphatic heterocycles. The fourth-order valence-corrected chi connectivity index (χ4v) is 3.53. The third-order valence-electron chi connectivity index (χ3n) is 3.84. The second-order valence-electron chi connectivity index (χ2n) is 5.35.